The SMILES string of the molecule is NCCc1nnc(-c2ccc(Cl)c(Cl)c2)s1. The largest absolute Gasteiger partial charge is 0.330 e. The zero-order chi connectivity index (χ0) is 11.5. The molecule has 0 amide bonds. The fraction of sp³-hybridized carbons (Fsp3) is 0.200. The molecule has 2 rings (SSSR count). The Morgan fingerprint density at radius 3 is 2.69 bits per heavy atom. The van der Waals surface area contributed by atoms with E-state index in [2.05, 4.69) is 10.2 Å². The molecule has 0 saturated heterocycles. The number of halogens is 2. The molecule has 1 heterocycles. The molecule has 0 fully saturated rings. The Bertz CT molecular complexity index is 499. The average molecular weight is 274 g/mol. The van der Waals surface area contributed by atoms with Gasteiger partial charge >= 0.3 is 0 Å². The van der Waals surface area contributed by atoms with Gasteiger partial charge in [0.1, 0.15) is 10.0 Å². The molecule has 3 nitrogen and oxygen atoms in total. The van der Waals surface area contributed by atoms with Crippen LogP contribution >= 0.6 is 34.5 Å². The summed E-state index contributed by atoms with van der Waals surface area (Å²) in [6, 6.07) is 5.42. The zero-order valence-corrected chi connectivity index (χ0v) is 10.6. The first-order chi connectivity index (χ1) is 7.70. The van der Waals surface area contributed by atoms with Crippen LogP contribution in [0.15, 0.2) is 18.2 Å². The van der Waals surface area contributed by atoms with Crippen LogP contribution in [0.3, 0.4) is 0 Å². The lowest BCUT2D eigenvalue weighted by Gasteiger charge is -1.98. The third-order valence-corrected chi connectivity index (χ3v) is 3.76. The lowest BCUT2D eigenvalue weighted by molar-refractivity contribution is 0.913. The van der Waals surface area contributed by atoms with Gasteiger partial charge in [-0.1, -0.05) is 40.6 Å². The van der Waals surface area contributed by atoms with E-state index < -0.39 is 0 Å². The van der Waals surface area contributed by atoms with E-state index in [-0.39, 0.29) is 0 Å². The number of benzene rings is 1. The summed E-state index contributed by atoms with van der Waals surface area (Å²) in [6.07, 6.45) is 0.749. The summed E-state index contributed by atoms with van der Waals surface area (Å²) in [7, 11) is 0. The summed E-state index contributed by atoms with van der Waals surface area (Å²) in [5.74, 6) is 0. The molecule has 2 N–H and O–H groups in total. The van der Waals surface area contributed by atoms with E-state index >= 15 is 0 Å². The lowest BCUT2D eigenvalue weighted by atomic mass is 10.2. The van der Waals surface area contributed by atoms with Gasteiger partial charge in [0, 0.05) is 12.0 Å². The van der Waals surface area contributed by atoms with Crippen LogP contribution in [-0.2, 0) is 6.42 Å². The van der Waals surface area contributed by atoms with Gasteiger partial charge < -0.3 is 5.73 Å². The Labute approximate surface area is 107 Å². The van der Waals surface area contributed by atoms with Gasteiger partial charge in [-0.05, 0) is 18.7 Å². The highest BCUT2D eigenvalue weighted by Crippen LogP contribution is 2.30. The van der Waals surface area contributed by atoms with Gasteiger partial charge in [0.2, 0.25) is 0 Å². The van der Waals surface area contributed by atoms with E-state index in [1.807, 2.05) is 6.07 Å². The maximum absolute atomic E-state index is 5.94. The van der Waals surface area contributed by atoms with Crippen molar-refractivity contribution in [1.82, 2.24) is 10.2 Å². The van der Waals surface area contributed by atoms with Crippen LogP contribution < -0.4 is 5.73 Å². The third kappa shape index (κ3) is 2.52. The molecule has 0 aliphatic carbocycles. The Morgan fingerprint density at radius 2 is 2.00 bits per heavy atom. The molecule has 16 heavy (non-hydrogen) atoms. The minimum Gasteiger partial charge on any atom is -0.330 e. The molecule has 2 aromatic rings. The molecule has 0 bridgehead atoms. The molecule has 0 spiro atoms. The van der Waals surface area contributed by atoms with Gasteiger partial charge in [-0.3, -0.25) is 0 Å². The number of hydrogen-bond acceptors (Lipinski definition) is 4. The summed E-state index contributed by atoms with van der Waals surface area (Å²) in [5.41, 5.74) is 6.38. The molecule has 0 radical (unpaired) electrons. The molecule has 1 aromatic carbocycles. The van der Waals surface area contributed by atoms with Crippen LogP contribution in [0.2, 0.25) is 10.0 Å². The second-order valence-electron chi connectivity index (χ2n) is 3.17. The van der Waals surface area contributed by atoms with Crippen molar-refractivity contribution in [3.8, 4) is 10.6 Å². The average Bonchev–Trinajstić information content (AvgIpc) is 2.71. The smallest absolute Gasteiger partial charge is 0.147 e. The van der Waals surface area contributed by atoms with Crippen molar-refractivity contribution in [3.05, 3.63) is 33.3 Å². The quantitative estimate of drug-likeness (QED) is 0.936. The van der Waals surface area contributed by atoms with Crippen LogP contribution in [0.25, 0.3) is 10.6 Å². The van der Waals surface area contributed by atoms with Crippen LogP contribution in [0.1, 0.15) is 5.01 Å². The minimum atomic E-state index is 0.523. The molecule has 1 aromatic heterocycles. The van der Waals surface area contributed by atoms with E-state index in [9.17, 15) is 0 Å². The highest BCUT2D eigenvalue weighted by atomic mass is 35.5. The number of rotatable bonds is 3. The number of nitrogens with two attached hydrogens (primary N) is 1. The van der Waals surface area contributed by atoms with E-state index in [0.29, 0.717) is 16.6 Å². The monoisotopic (exact) mass is 273 g/mol. The van der Waals surface area contributed by atoms with Crippen molar-refractivity contribution in [2.45, 2.75) is 6.42 Å². The van der Waals surface area contributed by atoms with Crippen LogP contribution in [0, 0.1) is 0 Å². The molecular weight excluding hydrogens is 265 g/mol. The first-order valence-electron chi connectivity index (χ1n) is 4.68. The summed E-state index contributed by atoms with van der Waals surface area (Å²) >= 11 is 13.3. The van der Waals surface area contributed by atoms with Crippen LogP contribution in [0.5, 0.6) is 0 Å². The standard InChI is InChI=1S/C10H9Cl2N3S/c11-7-2-1-6(5-8(7)12)10-15-14-9(16-10)3-4-13/h1-2,5H,3-4,13H2. The second kappa shape index (κ2) is 5.10. The van der Waals surface area contributed by atoms with E-state index in [4.69, 9.17) is 28.9 Å². The first-order valence-corrected chi connectivity index (χ1v) is 6.26. The normalized spacial score (nSPS) is 10.7. The Kier molecular flexibility index (Phi) is 3.76. The second-order valence-corrected chi connectivity index (χ2v) is 5.04. The third-order valence-electron chi connectivity index (χ3n) is 1.99. The van der Waals surface area contributed by atoms with Crippen molar-refractivity contribution >= 4 is 34.5 Å². The minimum absolute atomic E-state index is 0.523. The predicted molar refractivity (Wildman–Crippen MR) is 68.1 cm³/mol. The van der Waals surface area contributed by atoms with Gasteiger partial charge in [-0.15, -0.1) is 10.2 Å². The Balaban J connectivity index is 2.31. The number of aromatic nitrogens is 2. The zero-order valence-electron chi connectivity index (χ0n) is 8.28. The first kappa shape index (κ1) is 11.8. The van der Waals surface area contributed by atoms with Crippen molar-refractivity contribution in [2.24, 2.45) is 5.73 Å². The lowest BCUT2D eigenvalue weighted by Crippen LogP contribution is -2.01. The Morgan fingerprint density at radius 1 is 1.19 bits per heavy atom. The molecule has 0 aliphatic rings. The van der Waals surface area contributed by atoms with Crippen molar-refractivity contribution in [3.63, 3.8) is 0 Å². The van der Waals surface area contributed by atoms with Gasteiger partial charge in [-0.25, -0.2) is 0 Å². The van der Waals surface area contributed by atoms with E-state index in [1.165, 1.54) is 11.3 Å². The van der Waals surface area contributed by atoms with Crippen molar-refractivity contribution in [1.29, 1.82) is 0 Å². The van der Waals surface area contributed by atoms with Crippen molar-refractivity contribution in [2.75, 3.05) is 6.54 Å². The summed E-state index contributed by atoms with van der Waals surface area (Å²) in [4.78, 5) is 0. The summed E-state index contributed by atoms with van der Waals surface area (Å²) in [6.45, 7) is 0.579. The summed E-state index contributed by atoms with van der Waals surface area (Å²) in [5, 5.41) is 11.0. The molecule has 0 unspecified atom stereocenters. The maximum atomic E-state index is 5.94. The van der Waals surface area contributed by atoms with Gasteiger partial charge in [-0.2, -0.15) is 0 Å². The number of nitrogens with zero attached hydrogens (tertiary/aromatic N) is 2. The molecule has 0 saturated carbocycles. The topological polar surface area (TPSA) is 51.8 Å². The van der Waals surface area contributed by atoms with Gasteiger partial charge in [0.15, 0.2) is 0 Å². The van der Waals surface area contributed by atoms with Gasteiger partial charge in [0.05, 0.1) is 10.0 Å². The molecule has 0 aliphatic heterocycles. The number of hydrogen-bond donors (Lipinski definition) is 1. The predicted octanol–water partition coefficient (Wildman–Crippen LogP) is 3.01. The highest BCUT2D eigenvalue weighted by molar-refractivity contribution is 7.14. The van der Waals surface area contributed by atoms with Crippen molar-refractivity contribution < 1.29 is 0 Å². The fourth-order valence-corrected chi connectivity index (χ4v) is 2.37. The van der Waals surface area contributed by atoms with E-state index in [0.717, 1.165) is 22.0 Å². The molecule has 84 valence electrons. The van der Waals surface area contributed by atoms with Gasteiger partial charge in [0.25, 0.3) is 0 Å². The van der Waals surface area contributed by atoms with Crippen LogP contribution in [0.4, 0.5) is 0 Å². The highest BCUT2D eigenvalue weighted by Gasteiger charge is 2.07. The fourth-order valence-electron chi connectivity index (χ4n) is 1.22. The maximum Gasteiger partial charge on any atom is 0.147 e. The Hall–Kier alpha value is -0.680. The van der Waals surface area contributed by atoms with E-state index in [1.54, 1.807) is 12.1 Å². The van der Waals surface area contributed by atoms with Crippen LogP contribution in [-0.4, -0.2) is 16.7 Å². The molecule has 0 atom stereocenters. The molecular formula is C10H9Cl2N3S. The summed E-state index contributed by atoms with van der Waals surface area (Å²) < 4.78 is 0. The molecule has 6 heteroatoms.